The van der Waals surface area contributed by atoms with Crippen molar-refractivity contribution in [2.24, 2.45) is 0 Å². The quantitative estimate of drug-likeness (QED) is 0.729. The van der Waals surface area contributed by atoms with Crippen LogP contribution in [-0.4, -0.2) is 5.54 Å². The fourth-order valence-electron chi connectivity index (χ4n) is 1.99. The predicted octanol–water partition coefficient (Wildman–Crippen LogP) is 5.16. The summed E-state index contributed by atoms with van der Waals surface area (Å²) in [6.07, 6.45) is 0. The number of anilines is 1. The van der Waals surface area contributed by atoms with Crippen molar-refractivity contribution in [3.8, 4) is 0 Å². The van der Waals surface area contributed by atoms with Gasteiger partial charge < -0.3 is 5.32 Å². The van der Waals surface area contributed by atoms with Crippen molar-refractivity contribution >= 4 is 17.3 Å². The van der Waals surface area contributed by atoms with Crippen LogP contribution in [0.25, 0.3) is 0 Å². The molecule has 96 valence electrons. The fourth-order valence-corrected chi connectivity index (χ4v) is 2.20. The first-order chi connectivity index (χ1) is 7.50. The van der Waals surface area contributed by atoms with Gasteiger partial charge in [0.25, 0.3) is 0 Å². The van der Waals surface area contributed by atoms with Gasteiger partial charge in [0.1, 0.15) is 0 Å². The van der Waals surface area contributed by atoms with E-state index in [9.17, 15) is 0 Å². The molecule has 0 atom stereocenters. The summed E-state index contributed by atoms with van der Waals surface area (Å²) < 4.78 is 0. The number of hydrogen-bond donors (Lipinski definition) is 1. The van der Waals surface area contributed by atoms with Crippen LogP contribution in [0.1, 0.15) is 52.7 Å². The summed E-state index contributed by atoms with van der Waals surface area (Å²) in [5, 5.41) is 4.24. The first-order valence-electron chi connectivity index (χ1n) is 6.09. The van der Waals surface area contributed by atoms with Crippen LogP contribution in [0.15, 0.2) is 12.1 Å². The summed E-state index contributed by atoms with van der Waals surface area (Å²) in [7, 11) is 0. The average Bonchev–Trinajstić information content (AvgIpc) is 2.06. The highest BCUT2D eigenvalue weighted by Crippen LogP contribution is 2.33. The van der Waals surface area contributed by atoms with Crippen molar-refractivity contribution in [1.82, 2.24) is 0 Å². The molecule has 1 rings (SSSR count). The van der Waals surface area contributed by atoms with Gasteiger partial charge in [-0.05, 0) is 56.4 Å². The van der Waals surface area contributed by atoms with E-state index in [1.54, 1.807) is 0 Å². The molecule has 17 heavy (non-hydrogen) atoms. The first-order valence-corrected chi connectivity index (χ1v) is 6.47. The van der Waals surface area contributed by atoms with Crippen molar-refractivity contribution in [3.63, 3.8) is 0 Å². The van der Waals surface area contributed by atoms with Crippen molar-refractivity contribution in [2.45, 2.75) is 59.4 Å². The maximum Gasteiger partial charge on any atom is 0.0640 e. The highest BCUT2D eigenvalue weighted by Gasteiger charge is 2.19. The van der Waals surface area contributed by atoms with Gasteiger partial charge in [0, 0.05) is 5.54 Å². The smallest absolute Gasteiger partial charge is 0.0640 e. The van der Waals surface area contributed by atoms with E-state index >= 15 is 0 Å². The third kappa shape index (κ3) is 3.92. The topological polar surface area (TPSA) is 12.0 Å². The summed E-state index contributed by atoms with van der Waals surface area (Å²) in [4.78, 5) is 0. The van der Waals surface area contributed by atoms with E-state index in [0.29, 0.717) is 0 Å². The standard InChI is InChI=1S/C15H24ClN/c1-10-8-13(17-15(5,6)7)12(16)9-11(10)14(2,3)4/h8-9,17H,1-7H3. The van der Waals surface area contributed by atoms with Gasteiger partial charge in [-0.1, -0.05) is 32.4 Å². The summed E-state index contributed by atoms with van der Waals surface area (Å²) in [6, 6.07) is 4.24. The van der Waals surface area contributed by atoms with Crippen molar-refractivity contribution in [2.75, 3.05) is 5.32 Å². The monoisotopic (exact) mass is 253 g/mol. The Kier molecular flexibility index (Phi) is 3.83. The number of hydrogen-bond acceptors (Lipinski definition) is 1. The van der Waals surface area contributed by atoms with E-state index in [0.717, 1.165) is 10.7 Å². The van der Waals surface area contributed by atoms with Gasteiger partial charge in [-0.15, -0.1) is 0 Å². The minimum atomic E-state index is 0.0271. The van der Waals surface area contributed by atoms with Gasteiger partial charge in [0.15, 0.2) is 0 Å². The Bertz CT molecular complexity index is 408. The molecule has 0 spiro atoms. The average molecular weight is 254 g/mol. The molecule has 0 amide bonds. The largest absolute Gasteiger partial charge is 0.379 e. The minimum Gasteiger partial charge on any atom is -0.379 e. The molecule has 0 saturated heterocycles. The predicted molar refractivity (Wildman–Crippen MR) is 78.3 cm³/mol. The second-order valence-corrected chi connectivity index (χ2v) is 7.18. The van der Waals surface area contributed by atoms with Crippen LogP contribution in [0.2, 0.25) is 5.02 Å². The molecule has 0 aliphatic carbocycles. The van der Waals surface area contributed by atoms with Crippen molar-refractivity contribution < 1.29 is 0 Å². The lowest BCUT2D eigenvalue weighted by Crippen LogP contribution is -2.26. The highest BCUT2D eigenvalue weighted by molar-refractivity contribution is 6.33. The summed E-state index contributed by atoms with van der Waals surface area (Å²) in [6.45, 7) is 15.2. The molecule has 1 nitrogen and oxygen atoms in total. The maximum absolute atomic E-state index is 6.35. The lowest BCUT2D eigenvalue weighted by Gasteiger charge is -2.27. The zero-order valence-corrected chi connectivity index (χ0v) is 12.8. The third-order valence-corrected chi connectivity index (χ3v) is 2.94. The fraction of sp³-hybridized carbons (Fsp3) is 0.600. The van der Waals surface area contributed by atoms with Gasteiger partial charge in [-0.2, -0.15) is 0 Å². The molecular formula is C15H24ClN. The second kappa shape index (κ2) is 4.53. The Balaban J connectivity index is 3.19. The molecule has 0 heterocycles. The molecule has 0 aromatic heterocycles. The van der Waals surface area contributed by atoms with Gasteiger partial charge >= 0.3 is 0 Å². The third-order valence-electron chi connectivity index (χ3n) is 2.63. The molecule has 2 heteroatoms. The van der Waals surface area contributed by atoms with Crippen LogP contribution in [0.5, 0.6) is 0 Å². The minimum absolute atomic E-state index is 0.0271. The lowest BCUT2D eigenvalue weighted by molar-refractivity contribution is 0.586. The molecule has 1 aromatic rings. The molecule has 1 aromatic carbocycles. The first kappa shape index (κ1) is 14.4. The molecule has 0 fully saturated rings. The molecule has 1 N–H and O–H groups in total. The van der Waals surface area contributed by atoms with Crippen LogP contribution < -0.4 is 5.32 Å². The molecule has 0 aliphatic rings. The lowest BCUT2D eigenvalue weighted by atomic mass is 9.84. The number of nitrogens with one attached hydrogen (secondary N) is 1. The van der Waals surface area contributed by atoms with E-state index in [-0.39, 0.29) is 11.0 Å². The van der Waals surface area contributed by atoms with Gasteiger partial charge in [0.2, 0.25) is 0 Å². The zero-order valence-electron chi connectivity index (χ0n) is 12.0. The summed E-state index contributed by atoms with van der Waals surface area (Å²) in [5.74, 6) is 0. The van der Waals surface area contributed by atoms with E-state index < -0.39 is 0 Å². The number of halogens is 1. The number of rotatable bonds is 1. The molecule has 0 unspecified atom stereocenters. The Labute approximate surface area is 111 Å². The molecular weight excluding hydrogens is 230 g/mol. The number of benzene rings is 1. The van der Waals surface area contributed by atoms with Gasteiger partial charge in [-0.3, -0.25) is 0 Å². The Morgan fingerprint density at radius 3 is 1.94 bits per heavy atom. The number of aryl methyl sites for hydroxylation is 1. The van der Waals surface area contributed by atoms with Gasteiger partial charge in [-0.25, -0.2) is 0 Å². The van der Waals surface area contributed by atoms with Crippen LogP contribution in [0, 0.1) is 6.92 Å². The van der Waals surface area contributed by atoms with E-state index in [1.807, 2.05) is 0 Å². The van der Waals surface area contributed by atoms with E-state index in [4.69, 9.17) is 11.6 Å². The molecule has 0 radical (unpaired) electrons. The second-order valence-electron chi connectivity index (χ2n) is 6.77. The zero-order chi connectivity index (χ0) is 13.4. The van der Waals surface area contributed by atoms with Crippen LogP contribution in [0.4, 0.5) is 5.69 Å². The summed E-state index contributed by atoms with van der Waals surface area (Å²) >= 11 is 6.35. The summed E-state index contributed by atoms with van der Waals surface area (Å²) in [5.41, 5.74) is 3.77. The van der Waals surface area contributed by atoms with Crippen molar-refractivity contribution in [1.29, 1.82) is 0 Å². The molecule has 0 aliphatic heterocycles. The normalized spacial score (nSPS) is 12.7. The van der Waals surface area contributed by atoms with E-state index in [1.165, 1.54) is 11.1 Å². The maximum atomic E-state index is 6.35. The van der Waals surface area contributed by atoms with E-state index in [2.05, 4.69) is 65.9 Å². The Morgan fingerprint density at radius 2 is 1.53 bits per heavy atom. The van der Waals surface area contributed by atoms with Crippen molar-refractivity contribution in [3.05, 3.63) is 28.3 Å². The molecule has 0 bridgehead atoms. The van der Waals surface area contributed by atoms with Gasteiger partial charge in [0.05, 0.1) is 10.7 Å². The van der Waals surface area contributed by atoms with Crippen LogP contribution in [0.3, 0.4) is 0 Å². The SMILES string of the molecule is Cc1cc(NC(C)(C)C)c(Cl)cc1C(C)(C)C. The van der Waals surface area contributed by atoms with Crippen LogP contribution in [-0.2, 0) is 5.41 Å². The Hall–Kier alpha value is -0.690. The van der Waals surface area contributed by atoms with Crippen LogP contribution >= 0.6 is 11.6 Å². The molecule has 0 saturated carbocycles. The Morgan fingerprint density at radius 1 is 1.00 bits per heavy atom. The highest BCUT2D eigenvalue weighted by atomic mass is 35.5.